The van der Waals surface area contributed by atoms with Crippen LogP contribution in [0.5, 0.6) is 5.75 Å². The molecule has 3 aromatic carbocycles. The number of primary amides is 1. The molecule has 3 N–H and O–H groups in total. The van der Waals surface area contributed by atoms with Gasteiger partial charge in [0.2, 0.25) is 0 Å². The van der Waals surface area contributed by atoms with Crippen LogP contribution in [0.2, 0.25) is 0 Å². The van der Waals surface area contributed by atoms with E-state index in [0.717, 1.165) is 24.3 Å². The Morgan fingerprint density at radius 2 is 1.68 bits per heavy atom. The van der Waals surface area contributed by atoms with Crippen LogP contribution in [0.4, 0.5) is 32.8 Å². The lowest BCUT2D eigenvalue weighted by Gasteiger charge is -2.37. The molecule has 1 aliphatic heterocycles. The van der Waals surface area contributed by atoms with Crippen molar-refractivity contribution in [3.05, 3.63) is 95.1 Å². The molecule has 0 radical (unpaired) electrons. The van der Waals surface area contributed by atoms with Crippen LogP contribution in [-0.4, -0.2) is 31.2 Å². The number of para-hydroxylation sites is 1. The van der Waals surface area contributed by atoms with Gasteiger partial charge in [-0.3, -0.25) is 10.1 Å². The number of Topliss-reactive ketones (excluding diaryl/α,β-unsaturated/α-hetero) is 1. The van der Waals surface area contributed by atoms with Crippen LogP contribution < -0.4 is 15.8 Å². The number of hydrogen-bond donors (Lipinski definition) is 2. The van der Waals surface area contributed by atoms with Crippen molar-refractivity contribution in [2.75, 3.05) is 18.5 Å². The minimum absolute atomic E-state index is 0.0131. The molecule has 3 aromatic rings. The zero-order chi connectivity index (χ0) is 27.4. The molecule has 2 amide bonds. The van der Waals surface area contributed by atoms with E-state index in [4.69, 9.17) is 19.9 Å². The molecule has 0 bridgehead atoms. The van der Waals surface area contributed by atoms with Gasteiger partial charge < -0.3 is 19.9 Å². The van der Waals surface area contributed by atoms with Gasteiger partial charge in [-0.2, -0.15) is 0 Å². The number of carbonyl (C=O) groups is 3. The molecule has 38 heavy (non-hydrogen) atoms. The van der Waals surface area contributed by atoms with Gasteiger partial charge >= 0.3 is 12.2 Å². The Balaban J connectivity index is 1.76. The number of anilines is 1. The number of hydrogen-bond acceptors (Lipinski definition) is 6. The molecule has 0 saturated heterocycles. The number of nitrogens with one attached hydrogen (secondary N) is 1. The molecule has 4 rings (SSSR count). The number of ether oxygens (including phenoxy) is 3. The maximum absolute atomic E-state index is 15.0. The summed E-state index contributed by atoms with van der Waals surface area (Å²) in [6, 6.07) is 10.8. The van der Waals surface area contributed by atoms with Crippen LogP contribution in [0.15, 0.2) is 60.7 Å². The number of rotatable bonds is 6. The SMILES string of the molecule is NC(=O)OC(c1ccc(F)cc1F)C1(COC(=O)Nc2ccc(F)cc2F)CCOc2ccccc2C1=O. The minimum atomic E-state index is -2.01. The van der Waals surface area contributed by atoms with E-state index in [1.165, 1.54) is 18.2 Å². The average Bonchev–Trinajstić information content (AvgIpc) is 3.00. The van der Waals surface area contributed by atoms with E-state index in [1.54, 1.807) is 6.07 Å². The Bertz CT molecular complexity index is 1400. The lowest BCUT2D eigenvalue weighted by Crippen LogP contribution is -2.45. The first-order chi connectivity index (χ1) is 18.1. The summed E-state index contributed by atoms with van der Waals surface area (Å²) in [5, 5.41) is 2.08. The van der Waals surface area contributed by atoms with Crippen molar-refractivity contribution in [1.29, 1.82) is 0 Å². The normalized spacial score (nSPS) is 17.4. The van der Waals surface area contributed by atoms with Crippen molar-refractivity contribution >= 4 is 23.7 Å². The molecule has 2 unspecified atom stereocenters. The number of benzene rings is 3. The highest BCUT2D eigenvalue weighted by Gasteiger charge is 2.52. The zero-order valence-electron chi connectivity index (χ0n) is 19.5. The van der Waals surface area contributed by atoms with E-state index in [2.05, 4.69) is 5.32 Å². The molecule has 12 heteroatoms. The number of carbonyl (C=O) groups excluding carboxylic acids is 3. The van der Waals surface area contributed by atoms with Gasteiger partial charge in [-0.25, -0.2) is 27.2 Å². The molecule has 0 spiro atoms. The van der Waals surface area contributed by atoms with Gasteiger partial charge in [0.15, 0.2) is 5.78 Å². The van der Waals surface area contributed by atoms with E-state index in [-0.39, 0.29) is 24.3 Å². The second-order valence-electron chi connectivity index (χ2n) is 8.39. The smallest absolute Gasteiger partial charge is 0.411 e. The van der Waals surface area contributed by atoms with Crippen molar-refractivity contribution in [3.8, 4) is 5.75 Å². The quantitative estimate of drug-likeness (QED) is 0.418. The Morgan fingerprint density at radius 1 is 1.00 bits per heavy atom. The zero-order valence-corrected chi connectivity index (χ0v) is 19.5. The first kappa shape index (κ1) is 26.5. The Hall–Kier alpha value is -4.61. The van der Waals surface area contributed by atoms with E-state index in [1.807, 2.05) is 0 Å². The number of halogens is 4. The van der Waals surface area contributed by atoms with Crippen molar-refractivity contribution in [2.45, 2.75) is 12.5 Å². The number of nitrogens with two attached hydrogens (primary N) is 1. The van der Waals surface area contributed by atoms with E-state index in [9.17, 15) is 31.9 Å². The summed E-state index contributed by atoms with van der Waals surface area (Å²) in [4.78, 5) is 38.4. The third-order valence-corrected chi connectivity index (χ3v) is 6.00. The van der Waals surface area contributed by atoms with E-state index in [0.29, 0.717) is 12.1 Å². The summed E-state index contributed by atoms with van der Waals surface area (Å²) in [5.74, 6) is -4.63. The molecule has 1 aliphatic rings. The monoisotopic (exact) mass is 532 g/mol. The maximum atomic E-state index is 15.0. The third kappa shape index (κ3) is 5.38. The Kier molecular flexibility index (Phi) is 7.51. The first-order valence-corrected chi connectivity index (χ1v) is 11.2. The fourth-order valence-corrected chi connectivity index (χ4v) is 4.20. The number of amides is 2. The van der Waals surface area contributed by atoms with Crippen molar-refractivity contribution in [3.63, 3.8) is 0 Å². The number of fused-ring (bicyclic) bond motifs is 1. The first-order valence-electron chi connectivity index (χ1n) is 11.2. The predicted octanol–water partition coefficient (Wildman–Crippen LogP) is 5.28. The average molecular weight is 532 g/mol. The van der Waals surface area contributed by atoms with Gasteiger partial charge in [0, 0.05) is 24.1 Å². The summed E-state index contributed by atoms with van der Waals surface area (Å²) in [5.41, 5.74) is 2.42. The Labute approximate surface area is 213 Å². The minimum Gasteiger partial charge on any atom is -0.493 e. The molecule has 8 nitrogen and oxygen atoms in total. The van der Waals surface area contributed by atoms with Crippen LogP contribution in [0.1, 0.15) is 28.4 Å². The molecule has 1 heterocycles. The van der Waals surface area contributed by atoms with Crippen LogP contribution >= 0.6 is 0 Å². The van der Waals surface area contributed by atoms with Crippen molar-refractivity contribution < 1.29 is 46.2 Å². The lowest BCUT2D eigenvalue weighted by molar-refractivity contribution is -0.0248. The summed E-state index contributed by atoms with van der Waals surface area (Å²) >= 11 is 0. The molecule has 0 aromatic heterocycles. The lowest BCUT2D eigenvalue weighted by atomic mass is 9.71. The molecule has 2 atom stereocenters. The van der Waals surface area contributed by atoms with Gasteiger partial charge in [0.1, 0.15) is 47.1 Å². The third-order valence-electron chi connectivity index (χ3n) is 6.00. The molecular weight excluding hydrogens is 512 g/mol. The highest BCUT2D eigenvalue weighted by molar-refractivity contribution is 6.04. The van der Waals surface area contributed by atoms with Crippen LogP contribution in [0.25, 0.3) is 0 Å². The molecular formula is C26H20F4N2O6. The molecule has 0 aliphatic carbocycles. The second kappa shape index (κ2) is 10.8. The fourth-order valence-electron chi connectivity index (χ4n) is 4.20. The van der Waals surface area contributed by atoms with Crippen LogP contribution in [0, 0.1) is 28.7 Å². The van der Waals surface area contributed by atoms with Crippen molar-refractivity contribution in [2.24, 2.45) is 11.1 Å². The number of ketones is 1. The van der Waals surface area contributed by atoms with Gasteiger partial charge in [-0.05, 0) is 36.4 Å². The largest absolute Gasteiger partial charge is 0.493 e. The molecule has 0 saturated carbocycles. The van der Waals surface area contributed by atoms with Gasteiger partial charge in [-0.15, -0.1) is 0 Å². The molecule has 198 valence electrons. The van der Waals surface area contributed by atoms with Crippen molar-refractivity contribution in [1.82, 2.24) is 0 Å². The fraction of sp³-hybridized carbons (Fsp3) is 0.192. The van der Waals surface area contributed by atoms with E-state index < -0.39 is 70.6 Å². The van der Waals surface area contributed by atoms with Crippen LogP contribution in [0.3, 0.4) is 0 Å². The van der Waals surface area contributed by atoms with Gasteiger partial charge in [0.05, 0.1) is 17.9 Å². The Morgan fingerprint density at radius 3 is 2.37 bits per heavy atom. The summed E-state index contributed by atoms with van der Waals surface area (Å²) in [6.07, 6.45) is -4.70. The summed E-state index contributed by atoms with van der Waals surface area (Å²) in [7, 11) is 0. The maximum Gasteiger partial charge on any atom is 0.411 e. The van der Waals surface area contributed by atoms with Crippen LogP contribution in [-0.2, 0) is 9.47 Å². The topological polar surface area (TPSA) is 117 Å². The van der Waals surface area contributed by atoms with Gasteiger partial charge in [-0.1, -0.05) is 12.1 Å². The highest BCUT2D eigenvalue weighted by atomic mass is 19.1. The highest BCUT2D eigenvalue weighted by Crippen LogP contribution is 2.47. The summed E-state index contributed by atoms with van der Waals surface area (Å²) < 4.78 is 72.0. The summed E-state index contributed by atoms with van der Waals surface area (Å²) in [6.45, 7) is -0.991. The van der Waals surface area contributed by atoms with Gasteiger partial charge in [0.25, 0.3) is 0 Å². The standard InChI is InChI=1S/C26H20F4N2O6/c27-14-5-7-16(18(29)11-14)23(38-24(31)34)26(9-10-36-21-4-2-1-3-17(21)22(26)33)13-37-25(35)32-20-8-6-15(28)12-19(20)30/h1-8,11-12,23H,9-10,13H2,(H2,31,34)(H,32,35). The second-order valence-corrected chi connectivity index (χ2v) is 8.39. The predicted molar refractivity (Wildman–Crippen MR) is 124 cm³/mol. The molecule has 0 fully saturated rings. The van der Waals surface area contributed by atoms with E-state index >= 15 is 0 Å².